The largest absolute Gasteiger partial charge is 0.368 e. The van der Waals surface area contributed by atoms with Gasteiger partial charge in [0, 0.05) is 6.42 Å². The number of amides is 2. The first-order chi connectivity index (χ1) is 12.7. The Balaban J connectivity index is 1.98. The molecule has 5 nitrogen and oxygen atoms in total. The number of carbonyl (C=O) groups is 2. The second-order valence-electron chi connectivity index (χ2n) is 8.96. The van der Waals surface area contributed by atoms with Gasteiger partial charge in [-0.15, -0.1) is 0 Å². The van der Waals surface area contributed by atoms with Crippen LogP contribution in [0.3, 0.4) is 0 Å². The number of hydrogen-bond donors (Lipinski definition) is 3. The molecule has 27 heavy (non-hydrogen) atoms. The van der Waals surface area contributed by atoms with Crippen LogP contribution in [-0.4, -0.2) is 23.9 Å². The number of nitrogens with two attached hydrogens (primary N) is 2. The molecular weight excluding hydrogens is 338 g/mol. The molecule has 0 heterocycles. The summed E-state index contributed by atoms with van der Waals surface area (Å²) in [5, 5.41) is 2.77. The lowest BCUT2D eigenvalue weighted by Crippen LogP contribution is -2.51. The van der Waals surface area contributed by atoms with Gasteiger partial charge in [0.05, 0.1) is 6.04 Å². The first kappa shape index (κ1) is 21.4. The Bertz CT molecular complexity index is 645. The maximum absolute atomic E-state index is 12.5. The fourth-order valence-corrected chi connectivity index (χ4v) is 3.79. The number of hydrogen-bond acceptors (Lipinski definition) is 3. The molecule has 2 amide bonds. The molecule has 0 spiro atoms. The monoisotopic (exact) mass is 373 g/mol. The van der Waals surface area contributed by atoms with Crippen LogP contribution in [0.2, 0.25) is 0 Å². The van der Waals surface area contributed by atoms with Crippen molar-refractivity contribution in [1.29, 1.82) is 0 Å². The first-order valence-electron chi connectivity index (χ1n) is 10.1. The third-order valence-electron chi connectivity index (χ3n) is 5.54. The predicted molar refractivity (Wildman–Crippen MR) is 109 cm³/mol. The zero-order valence-electron chi connectivity index (χ0n) is 17.0. The quantitative estimate of drug-likeness (QED) is 0.685. The number of carbonyl (C=O) groups excluding carboxylic acids is 2. The van der Waals surface area contributed by atoms with E-state index in [4.69, 9.17) is 11.5 Å². The summed E-state index contributed by atoms with van der Waals surface area (Å²) in [6.07, 6.45) is 7.03. The zero-order valence-corrected chi connectivity index (χ0v) is 17.0. The van der Waals surface area contributed by atoms with Gasteiger partial charge in [-0.25, -0.2) is 0 Å². The second-order valence-corrected chi connectivity index (χ2v) is 8.96. The van der Waals surface area contributed by atoms with Gasteiger partial charge in [-0.1, -0.05) is 77.1 Å². The van der Waals surface area contributed by atoms with Crippen LogP contribution in [-0.2, 0) is 21.4 Å². The van der Waals surface area contributed by atoms with Gasteiger partial charge in [-0.3, -0.25) is 9.59 Å². The number of nitrogens with one attached hydrogen (secondary N) is 1. The number of benzene rings is 1. The average molecular weight is 374 g/mol. The Kier molecular flexibility index (Phi) is 7.42. The van der Waals surface area contributed by atoms with Crippen LogP contribution in [0.15, 0.2) is 24.3 Å². The lowest BCUT2D eigenvalue weighted by molar-refractivity contribution is -0.128. The Morgan fingerprint density at radius 2 is 1.85 bits per heavy atom. The SMILES string of the molecule is CC(C)(C)c1cccc(C[C@H](NC(=O)[C@@H](N)CC2CCCCC2)C(N)=O)c1. The number of primary amides is 1. The summed E-state index contributed by atoms with van der Waals surface area (Å²) in [6, 6.07) is 6.75. The van der Waals surface area contributed by atoms with Crippen LogP contribution in [0.1, 0.15) is 70.4 Å². The maximum atomic E-state index is 12.5. The molecule has 0 aliphatic heterocycles. The van der Waals surface area contributed by atoms with Gasteiger partial charge < -0.3 is 16.8 Å². The van der Waals surface area contributed by atoms with Crippen molar-refractivity contribution >= 4 is 11.8 Å². The summed E-state index contributed by atoms with van der Waals surface area (Å²) < 4.78 is 0. The fourth-order valence-electron chi connectivity index (χ4n) is 3.79. The summed E-state index contributed by atoms with van der Waals surface area (Å²) in [5.41, 5.74) is 13.8. The molecular formula is C22H35N3O2. The van der Waals surface area contributed by atoms with Crippen molar-refractivity contribution in [2.75, 3.05) is 0 Å². The van der Waals surface area contributed by atoms with Gasteiger partial charge in [0.15, 0.2) is 0 Å². The molecule has 0 radical (unpaired) electrons. The Morgan fingerprint density at radius 3 is 2.44 bits per heavy atom. The molecule has 1 aromatic rings. The summed E-state index contributed by atoms with van der Waals surface area (Å²) >= 11 is 0. The summed E-state index contributed by atoms with van der Waals surface area (Å²) in [4.78, 5) is 24.4. The fraction of sp³-hybridized carbons (Fsp3) is 0.636. The van der Waals surface area contributed by atoms with Gasteiger partial charge in [-0.05, 0) is 28.9 Å². The molecule has 0 unspecified atom stereocenters. The zero-order chi connectivity index (χ0) is 20.0. The molecule has 1 aliphatic rings. The lowest BCUT2D eigenvalue weighted by Gasteiger charge is -2.25. The number of rotatable bonds is 7. The van der Waals surface area contributed by atoms with Crippen molar-refractivity contribution in [1.82, 2.24) is 5.32 Å². The van der Waals surface area contributed by atoms with E-state index >= 15 is 0 Å². The van der Waals surface area contributed by atoms with Gasteiger partial charge in [-0.2, -0.15) is 0 Å². The standard InChI is InChI=1S/C22H35N3O2/c1-22(2,3)17-11-7-10-16(12-17)14-19(20(24)26)25-21(27)18(23)13-15-8-5-4-6-9-15/h7,10-12,15,18-19H,4-6,8-9,13-14,23H2,1-3H3,(H2,24,26)(H,25,27)/t18-,19-/m0/s1. The maximum Gasteiger partial charge on any atom is 0.240 e. The molecule has 1 fully saturated rings. The van der Waals surface area contributed by atoms with Crippen molar-refractivity contribution in [2.45, 2.75) is 83.2 Å². The molecule has 150 valence electrons. The predicted octanol–water partition coefficient (Wildman–Crippen LogP) is 2.79. The van der Waals surface area contributed by atoms with E-state index in [-0.39, 0.29) is 11.3 Å². The van der Waals surface area contributed by atoms with Crippen LogP contribution in [0.5, 0.6) is 0 Å². The molecule has 5 heteroatoms. The summed E-state index contributed by atoms with van der Waals surface area (Å²) in [6.45, 7) is 6.43. The third kappa shape index (κ3) is 6.65. The van der Waals surface area contributed by atoms with Crippen LogP contribution >= 0.6 is 0 Å². The van der Waals surface area contributed by atoms with E-state index in [1.54, 1.807) is 0 Å². The average Bonchev–Trinajstić information content (AvgIpc) is 2.61. The third-order valence-corrected chi connectivity index (χ3v) is 5.54. The molecule has 1 aliphatic carbocycles. The molecule has 0 aromatic heterocycles. The summed E-state index contributed by atoms with van der Waals surface area (Å²) in [5.74, 6) is -0.305. The van der Waals surface area contributed by atoms with E-state index < -0.39 is 18.0 Å². The minimum absolute atomic E-state index is 0.0177. The summed E-state index contributed by atoms with van der Waals surface area (Å²) in [7, 11) is 0. The molecule has 5 N–H and O–H groups in total. The molecule has 2 atom stereocenters. The van der Waals surface area contributed by atoms with Gasteiger partial charge in [0.25, 0.3) is 0 Å². The van der Waals surface area contributed by atoms with E-state index in [9.17, 15) is 9.59 Å². The molecule has 2 rings (SSSR count). The van der Waals surface area contributed by atoms with Crippen molar-refractivity contribution in [3.05, 3.63) is 35.4 Å². The van der Waals surface area contributed by atoms with Crippen molar-refractivity contribution in [3.63, 3.8) is 0 Å². The molecule has 0 bridgehead atoms. The van der Waals surface area contributed by atoms with E-state index in [2.05, 4.69) is 38.2 Å². The highest BCUT2D eigenvalue weighted by Crippen LogP contribution is 2.27. The smallest absolute Gasteiger partial charge is 0.240 e. The van der Waals surface area contributed by atoms with Crippen molar-refractivity contribution < 1.29 is 9.59 Å². The topological polar surface area (TPSA) is 98.2 Å². The van der Waals surface area contributed by atoms with Crippen molar-refractivity contribution in [2.24, 2.45) is 17.4 Å². The minimum atomic E-state index is -0.745. The lowest BCUT2D eigenvalue weighted by atomic mass is 9.84. The first-order valence-corrected chi connectivity index (χ1v) is 10.1. The van der Waals surface area contributed by atoms with Gasteiger partial charge >= 0.3 is 0 Å². The van der Waals surface area contributed by atoms with E-state index in [1.807, 2.05) is 12.1 Å². The Morgan fingerprint density at radius 1 is 1.19 bits per heavy atom. The highest BCUT2D eigenvalue weighted by atomic mass is 16.2. The van der Waals surface area contributed by atoms with E-state index in [0.717, 1.165) is 18.4 Å². The Hall–Kier alpha value is -1.88. The van der Waals surface area contributed by atoms with Gasteiger partial charge in [0.2, 0.25) is 11.8 Å². The minimum Gasteiger partial charge on any atom is -0.368 e. The van der Waals surface area contributed by atoms with Crippen LogP contribution in [0.4, 0.5) is 0 Å². The second kappa shape index (κ2) is 9.36. The molecule has 0 saturated heterocycles. The normalized spacial score (nSPS) is 17.9. The molecule has 1 aromatic carbocycles. The Labute approximate surface area is 163 Å². The van der Waals surface area contributed by atoms with Crippen LogP contribution in [0, 0.1) is 5.92 Å². The van der Waals surface area contributed by atoms with Crippen LogP contribution in [0.25, 0.3) is 0 Å². The van der Waals surface area contributed by atoms with Crippen LogP contribution < -0.4 is 16.8 Å². The highest BCUT2D eigenvalue weighted by molar-refractivity contribution is 5.89. The van der Waals surface area contributed by atoms with Crippen molar-refractivity contribution in [3.8, 4) is 0 Å². The van der Waals surface area contributed by atoms with E-state index in [0.29, 0.717) is 18.8 Å². The van der Waals surface area contributed by atoms with Gasteiger partial charge in [0.1, 0.15) is 6.04 Å². The van der Waals surface area contributed by atoms with E-state index in [1.165, 1.54) is 24.8 Å². The highest BCUT2D eigenvalue weighted by Gasteiger charge is 2.25. The molecule has 1 saturated carbocycles.